The van der Waals surface area contributed by atoms with E-state index in [0.717, 1.165) is 52.0 Å². The Kier molecular flexibility index (Phi) is 8.41. The molecule has 33 heavy (non-hydrogen) atoms. The van der Waals surface area contributed by atoms with Crippen LogP contribution in [0.25, 0.3) is 11.3 Å². The average Bonchev–Trinajstić information content (AvgIpc) is 2.85. The number of piperidine rings is 1. The minimum absolute atomic E-state index is 0.114. The van der Waals surface area contributed by atoms with E-state index in [2.05, 4.69) is 25.6 Å². The van der Waals surface area contributed by atoms with E-state index >= 15 is 0 Å². The average molecular weight is 477 g/mol. The lowest BCUT2D eigenvalue weighted by Gasteiger charge is -2.31. The van der Waals surface area contributed by atoms with Crippen molar-refractivity contribution in [2.45, 2.75) is 25.7 Å². The van der Waals surface area contributed by atoms with Gasteiger partial charge in [-0.2, -0.15) is 0 Å². The predicted octanol–water partition coefficient (Wildman–Crippen LogP) is 3.65. The summed E-state index contributed by atoms with van der Waals surface area (Å²) in [6.45, 7) is 3.76. The number of rotatable bonds is 8. The molecule has 1 amide bonds. The molecule has 2 aliphatic rings. The fourth-order valence-electron chi connectivity index (χ4n) is 4.30. The molecular weight excluding hydrogens is 447 g/mol. The van der Waals surface area contributed by atoms with Gasteiger partial charge in [-0.3, -0.25) is 14.7 Å². The number of carbonyl (C=O) groups excluding carboxylic acids is 1. The standard InChI is InChI=1S/C23H30ClFN6O2/c24-19-12-28-21(30-23(32)17-2-1-6-31(15-17)7-5-25)10-18(19)20-13-26-14-22(29-20)27-11-16-3-8-33-9-4-16/h10,12-14,16-17H,1-9,11,15H2,(H,27,29)(H,28,30,32)/t17-/m1/s1. The Hall–Kier alpha value is -2.36. The van der Waals surface area contributed by atoms with Crippen LogP contribution in [-0.2, 0) is 9.53 Å². The minimum Gasteiger partial charge on any atom is -0.381 e. The Morgan fingerprint density at radius 3 is 2.88 bits per heavy atom. The Morgan fingerprint density at radius 1 is 1.21 bits per heavy atom. The van der Waals surface area contributed by atoms with E-state index in [-0.39, 0.29) is 11.8 Å². The second-order valence-corrected chi connectivity index (χ2v) is 9.00. The summed E-state index contributed by atoms with van der Waals surface area (Å²) in [7, 11) is 0. The molecule has 0 aromatic carbocycles. The third-order valence-electron chi connectivity index (χ3n) is 6.21. The number of halogens is 2. The van der Waals surface area contributed by atoms with Gasteiger partial charge in [-0.05, 0) is 44.2 Å². The molecule has 2 N–H and O–H groups in total. The molecule has 0 spiro atoms. The zero-order chi connectivity index (χ0) is 23.0. The number of ether oxygens (including phenoxy) is 1. The highest BCUT2D eigenvalue weighted by Gasteiger charge is 2.26. The van der Waals surface area contributed by atoms with Crippen molar-refractivity contribution in [2.24, 2.45) is 11.8 Å². The van der Waals surface area contributed by atoms with Crippen molar-refractivity contribution in [3.05, 3.63) is 29.7 Å². The number of hydrogen-bond donors (Lipinski definition) is 2. The first-order valence-corrected chi connectivity index (χ1v) is 11.9. The maximum absolute atomic E-state index is 12.8. The zero-order valence-electron chi connectivity index (χ0n) is 18.6. The van der Waals surface area contributed by atoms with Crippen LogP contribution in [-0.4, -0.2) is 71.8 Å². The molecule has 0 unspecified atom stereocenters. The number of aromatic nitrogens is 3. The number of nitrogens with one attached hydrogen (secondary N) is 2. The van der Waals surface area contributed by atoms with Crippen LogP contribution in [0.2, 0.25) is 5.02 Å². The Balaban J connectivity index is 1.42. The molecule has 0 bridgehead atoms. The van der Waals surface area contributed by atoms with Crippen LogP contribution in [0.4, 0.5) is 16.0 Å². The quantitative estimate of drug-likeness (QED) is 0.600. The number of hydrogen-bond acceptors (Lipinski definition) is 7. The monoisotopic (exact) mass is 476 g/mol. The molecule has 10 heteroatoms. The second kappa shape index (κ2) is 11.7. The number of carbonyl (C=O) groups is 1. The third-order valence-corrected chi connectivity index (χ3v) is 6.51. The van der Waals surface area contributed by atoms with Gasteiger partial charge in [-0.25, -0.2) is 14.4 Å². The fraction of sp³-hybridized carbons (Fsp3) is 0.565. The van der Waals surface area contributed by atoms with Gasteiger partial charge < -0.3 is 15.4 Å². The SMILES string of the molecule is O=C(Nc1cc(-c2cncc(NCC3CCOCC3)n2)c(Cl)cn1)[C@@H]1CCCN(CCF)C1. The lowest BCUT2D eigenvalue weighted by molar-refractivity contribution is -0.121. The van der Waals surface area contributed by atoms with Crippen molar-refractivity contribution in [2.75, 3.05) is 56.7 Å². The van der Waals surface area contributed by atoms with Crippen molar-refractivity contribution in [3.8, 4) is 11.3 Å². The van der Waals surface area contributed by atoms with Crippen molar-refractivity contribution < 1.29 is 13.9 Å². The molecule has 2 aromatic rings. The lowest BCUT2D eigenvalue weighted by Crippen LogP contribution is -2.41. The van der Waals surface area contributed by atoms with Gasteiger partial charge in [0.25, 0.3) is 0 Å². The summed E-state index contributed by atoms with van der Waals surface area (Å²) < 4.78 is 18.1. The number of pyridine rings is 1. The van der Waals surface area contributed by atoms with Gasteiger partial charge >= 0.3 is 0 Å². The van der Waals surface area contributed by atoms with Crippen molar-refractivity contribution in [1.29, 1.82) is 0 Å². The third kappa shape index (κ3) is 6.59. The molecule has 1 atom stereocenters. The normalized spacial score (nSPS) is 19.9. The number of alkyl halides is 1. The molecule has 178 valence electrons. The van der Waals surface area contributed by atoms with Crippen LogP contribution < -0.4 is 10.6 Å². The molecular formula is C23H30ClFN6O2. The van der Waals surface area contributed by atoms with Gasteiger partial charge in [0.15, 0.2) is 0 Å². The summed E-state index contributed by atoms with van der Waals surface area (Å²) in [6.07, 6.45) is 8.56. The van der Waals surface area contributed by atoms with Crippen LogP contribution in [0.5, 0.6) is 0 Å². The largest absolute Gasteiger partial charge is 0.381 e. The molecule has 0 saturated carbocycles. The van der Waals surface area contributed by atoms with E-state index in [9.17, 15) is 9.18 Å². The van der Waals surface area contributed by atoms with Crippen molar-refractivity contribution >= 4 is 29.1 Å². The molecule has 4 heterocycles. The maximum Gasteiger partial charge on any atom is 0.229 e. The van der Waals surface area contributed by atoms with Gasteiger partial charge in [0.1, 0.15) is 18.3 Å². The summed E-state index contributed by atoms with van der Waals surface area (Å²) in [6, 6.07) is 1.72. The Bertz CT molecular complexity index is 941. The minimum atomic E-state index is -0.402. The van der Waals surface area contributed by atoms with Crippen LogP contribution in [0.15, 0.2) is 24.7 Å². The summed E-state index contributed by atoms with van der Waals surface area (Å²) in [4.78, 5) is 28.0. The van der Waals surface area contributed by atoms with E-state index in [1.807, 2.05) is 4.90 Å². The molecule has 2 saturated heterocycles. The highest BCUT2D eigenvalue weighted by molar-refractivity contribution is 6.33. The number of anilines is 2. The summed E-state index contributed by atoms with van der Waals surface area (Å²) in [5.41, 5.74) is 1.24. The zero-order valence-corrected chi connectivity index (χ0v) is 19.4. The Morgan fingerprint density at radius 2 is 2.06 bits per heavy atom. The number of likely N-dealkylation sites (tertiary alicyclic amines) is 1. The van der Waals surface area contributed by atoms with E-state index in [1.54, 1.807) is 18.5 Å². The first kappa shape index (κ1) is 23.8. The van der Waals surface area contributed by atoms with Crippen LogP contribution >= 0.6 is 11.6 Å². The van der Waals surface area contributed by atoms with Crippen LogP contribution in [0.3, 0.4) is 0 Å². The van der Waals surface area contributed by atoms with Gasteiger partial charge in [-0.1, -0.05) is 11.6 Å². The molecule has 4 rings (SSSR count). The number of amides is 1. The first-order valence-electron chi connectivity index (χ1n) is 11.5. The molecule has 2 fully saturated rings. The summed E-state index contributed by atoms with van der Waals surface area (Å²) in [5, 5.41) is 6.68. The highest BCUT2D eigenvalue weighted by atomic mass is 35.5. The van der Waals surface area contributed by atoms with Gasteiger partial charge in [0.2, 0.25) is 5.91 Å². The smallest absolute Gasteiger partial charge is 0.229 e. The van der Waals surface area contributed by atoms with Crippen LogP contribution in [0, 0.1) is 11.8 Å². The summed E-state index contributed by atoms with van der Waals surface area (Å²) >= 11 is 6.40. The second-order valence-electron chi connectivity index (χ2n) is 8.59. The van der Waals surface area contributed by atoms with Crippen molar-refractivity contribution in [3.63, 3.8) is 0 Å². The maximum atomic E-state index is 12.8. The fourth-order valence-corrected chi connectivity index (χ4v) is 4.50. The van der Waals surface area contributed by atoms with Gasteiger partial charge in [-0.15, -0.1) is 0 Å². The van der Waals surface area contributed by atoms with Gasteiger partial charge in [0, 0.05) is 44.6 Å². The van der Waals surface area contributed by atoms with Crippen LogP contribution in [0.1, 0.15) is 25.7 Å². The topological polar surface area (TPSA) is 92.3 Å². The number of nitrogens with zero attached hydrogens (tertiary/aromatic N) is 4. The van der Waals surface area contributed by atoms with E-state index in [4.69, 9.17) is 16.3 Å². The van der Waals surface area contributed by atoms with Gasteiger partial charge in [0.05, 0.1) is 29.0 Å². The molecule has 2 aliphatic heterocycles. The molecule has 0 aliphatic carbocycles. The van der Waals surface area contributed by atoms with Crippen molar-refractivity contribution in [1.82, 2.24) is 19.9 Å². The molecule has 2 aromatic heterocycles. The van der Waals surface area contributed by atoms with E-state index in [1.165, 1.54) is 6.20 Å². The predicted molar refractivity (Wildman–Crippen MR) is 126 cm³/mol. The van der Waals surface area contributed by atoms with E-state index < -0.39 is 6.67 Å². The summed E-state index contributed by atoms with van der Waals surface area (Å²) in [5.74, 6) is 1.33. The Labute approximate surface area is 198 Å². The first-order chi connectivity index (χ1) is 16.1. The van der Waals surface area contributed by atoms with E-state index in [0.29, 0.717) is 46.9 Å². The molecule has 0 radical (unpaired) electrons. The highest BCUT2D eigenvalue weighted by Crippen LogP contribution is 2.29. The lowest BCUT2D eigenvalue weighted by atomic mass is 9.97. The molecule has 8 nitrogen and oxygen atoms in total.